The van der Waals surface area contributed by atoms with Gasteiger partial charge in [-0.1, -0.05) is 41.8 Å². The number of halogens is 3. The number of nitrogens with one attached hydrogen (secondary N) is 1. The standard InChI is InChI=1S/C22H21B2F3N2O2/c1-20(2)21(3,4)31-24(30-20)18-12-14(13-28)11-15-9-10-23(29-19(15)18)17-7-5-16(6-8-17)22(25,26)27/h5-12,29H,1-4H3. The monoisotopic (exact) mass is 424 g/mol. The largest absolute Gasteiger partial charge is 0.496 e. The highest BCUT2D eigenvalue weighted by atomic mass is 19.4. The van der Waals surface area contributed by atoms with Crippen molar-refractivity contribution in [2.24, 2.45) is 0 Å². The number of hydrogen-bond acceptors (Lipinski definition) is 4. The van der Waals surface area contributed by atoms with Crippen LogP contribution >= 0.6 is 0 Å². The van der Waals surface area contributed by atoms with Crippen molar-refractivity contribution in [3.05, 3.63) is 59.1 Å². The zero-order valence-corrected chi connectivity index (χ0v) is 17.7. The van der Waals surface area contributed by atoms with Gasteiger partial charge in [0, 0.05) is 11.2 Å². The van der Waals surface area contributed by atoms with Gasteiger partial charge < -0.3 is 14.5 Å². The summed E-state index contributed by atoms with van der Waals surface area (Å²) in [6.07, 6.45) is -2.51. The van der Waals surface area contributed by atoms with Gasteiger partial charge in [0.2, 0.25) is 0 Å². The van der Waals surface area contributed by atoms with Crippen LogP contribution in [0.1, 0.15) is 44.4 Å². The fourth-order valence-electron chi connectivity index (χ4n) is 3.68. The van der Waals surface area contributed by atoms with E-state index in [2.05, 4.69) is 11.3 Å². The van der Waals surface area contributed by atoms with Crippen molar-refractivity contribution in [3.63, 3.8) is 0 Å². The summed E-state index contributed by atoms with van der Waals surface area (Å²) >= 11 is 0. The number of benzene rings is 2. The van der Waals surface area contributed by atoms with Crippen LogP contribution in [0.5, 0.6) is 0 Å². The molecule has 1 fully saturated rings. The first-order valence-corrected chi connectivity index (χ1v) is 9.97. The lowest BCUT2D eigenvalue weighted by molar-refractivity contribution is -0.137. The molecule has 158 valence electrons. The highest BCUT2D eigenvalue weighted by Gasteiger charge is 2.52. The first kappa shape index (κ1) is 21.5. The van der Waals surface area contributed by atoms with Crippen molar-refractivity contribution in [3.8, 4) is 6.07 Å². The van der Waals surface area contributed by atoms with Crippen molar-refractivity contribution in [1.82, 2.24) is 0 Å². The van der Waals surface area contributed by atoms with Crippen LogP contribution in [-0.4, -0.2) is 25.2 Å². The quantitative estimate of drug-likeness (QED) is 0.747. The Balaban J connectivity index is 1.70. The number of alkyl halides is 3. The molecule has 0 atom stereocenters. The van der Waals surface area contributed by atoms with Gasteiger partial charge in [-0.05, 0) is 45.4 Å². The minimum atomic E-state index is -4.38. The molecule has 0 saturated carbocycles. The molecule has 0 unspecified atom stereocenters. The number of nitriles is 1. The summed E-state index contributed by atoms with van der Waals surface area (Å²) in [6.45, 7) is 7.47. The minimum absolute atomic E-state index is 0.330. The number of hydrogen-bond donors (Lipinski definition) is 1. The molecule has 1 N–H and O–H groups in total. The van der Waals surface area contributed by atoms with E-state index in [9.17, 15) is 18.4 Å². The normalized spacial score (nSPS) is 19.0. The van der Waals surface area contributed by atoms with Gasteiger partial charge >= 0.3 is 20.1 Å². The molecule has 2 aromatic carbocycles. The second kappa shape index (κ2) is 7.18. The van der Waals surface area contributed by atoms with E-state index in [1.54, 1.807) is 12.1 Å². The third-order valence-electron chi connectivity index (χ3n) is 6.20. The second-order valence-corrected chi connectivity index (χ2v) is 8.83. The molecule has 0 radical (unpaired) electrons. The van der Waals surface area contributed by atoms with E-state index in [0.29, 0.717) is 16.5 Å². The highest BCUT2D eigenvalue weighted by molar-refractivity contribution is 6.82. The Morgan fingerprint density at radius 1 is 1.00 bits per heavy atom. The molecule has 31 heavy (non-hydrogen) atoms. The first-order valence-electron chi connectivity index (χ1n) is 9.97. The summed E-state index contributed by atoms with van der Waals surface area (Å²) in [5, 5.41) is 12.9. The molecule has 2 heterocycles. The van der Waals surface area contributed by atoms with Gasteiger partial charge in [0.15, 0.2) is 0 Å². The summed E-state index contributed by atoms with van der Waals surface area (Å²) in [7, 11) is -0.681. The molecule has 2 aliphatic rings. The highest BCUT2D eigenvalue weighted by Crippen LogP contribution is 2.38. The number of rotatable bonds is 2. The third-order valence-corrected chi connectivity index (χ3v) is 6.20. The number of nitrogens with zero attached hydrogens (tertiary/aromatic N) is 1. The zero-order chi connectivity index (χ0) is 22.6. The molecule has 4 rings (SSSR count). The Labute approximate surface area is 180 Å². The maximum atomic E-state index is 12.9. The summed E-state index contributed by atoms with van der Waals surface area (Å²) in [6, 6.07) is 10.7. The molecule has 0 amide bonds. The Morgan fingerprint density at radius 2 is 1.61 bits per heavy atom. The maximum absolute atomic E-state index is 12.9. The van der Waals surface area contributed by atoms with Gasteiger partial charge in [0.25, 0.3) is 0 Å². The number of anilines is 1. The summed E-state index contributed by atoms with van der Waals surface area (Å²) in [5.74, 6) is 1.86. The molecular formula is C22H21B2F3N2O2. The SMILES string of the molecule is CC1(C)OB(c2cc(C#N)cc3c2NB(c2ccc(C(F)(F)F)cc2)C=C3)OC1(C)C. The average molecular weight is 424 g/mol. The van der Waals surface area contributed by atoms with Crippen molar-refractivity contribution < 1.29 is 22.5 Å². The van der Waals surface area contributed by atoms with Gasteiger partial charge in [0.1, 0.15) is 0 Å². The van der Waals surface area contributed by atoms with Crippen molar-refractivity contribution in [1.29, 1.82) is 5.26 Å². The molecule has 2 aromatic rings. The van der Waals surface area contributed by atoms with Gasteiger partial charge in [-0.2, -0.15) is 18.4 Å². The predicted octanol–water partition coefficient (Wildman–Crippen LogP) is 3.75. The van der Waals surface area contributed by atoms with Gasteiger partial charge in [-0.25, -0.2) is 0 Å². The fraction of sp³-hybridized carbons (Fsp3) is 0.318. The van der Waals surface area contributed by atoms with Crippen LogP contribution in [0.4, 0.5) is 18.9 Å². The van der Waals surface area contributed by atoms with Crippen molar-refractivity contribution in [2.45, 2.75) is 45.1 Å². The number of fused-ring (bicyclic) bond motifs is 1. The second-order valence-electron chi connectivity index (χ2n) is 8.83. The van der Waals surface area contributed by atoms with Crippen molar-refractivity contribution >= 4 is 36.7 Å². The molecule has 9 heteroatoms. The molecule has 4 nitrogen and oxygen atoms in total. The molecule has 1 saturated heterocycles. The van der Waals surface area contributed by atoms with E-state index in [0.717, 1.165) is 23.4 Å². The predicted molar refractivity (Wildman–Crippen MR) is 116 cm³/mol. The summed E-state index contributed by atoms with van der Waals surface area (Å²) in [5.41, 5.74) is 1.61. The van der Waals surface area contributed by atoms with Crippen LogP contribution in [0.3, 0.4) is 0 Å². The lowest BCUT2D eigenvalue weighted by atomic mass is 9.53. The lowest BCUT2D eigenvalue weighted by Gasteiger charge is -2.32. The van der Waals surface area contributed by atoms with Crippen LogP contribution in [0.25, 0.3) is 6.08 Å². The van der Waals surface area contributed by atoms with Gasteiger partial charge in [0.05, 0.1) is 28.4 Å². The smallest absolute Gasteiger partial charge is 0.420 e. The van der Waals surface area contributed by atoms with E-state index >= 15 is 0 Å². The van der Waals surface area contributed by atoms with E-state index in [1.807, 2.05) is 39.7 Å². The van der Waals surface area contributed by atoms with Crippen LogP contribution in [0, 0.1) is 11.3 Å². The third kappa shape index (κ3) is 3.86. The topological polar surface area (TPSA) is 54.3 Å². The van der Waals surface area contributed by atoms with Gasteiger partial charge in [-0.15, -0.1) is 0 Å². The van der Waals surface area contributed by atoms with E-state index in [4.69, 9.17) is 9.31 Å². The molecule has 0 spiro atoms. The van der Waals surface area contributed by atoms with Crippen molar-refractivity contribution in [2.75, 3.05) is 5.23 Å². The Hall–Kier alpha value is -2.69. The van der Waals surface area contributed by atoms with Crippen LogP contribution in [0.15, 0.2) is 42.4 Å². The summed E-state index contributed by atoms with van der Waals surface area (Å²) < 4.78 is 51.1. The Kier molecular flexibility index (Phi) is 4.99. The molecule has 0 aliphatic carbocycles. The zero-order valence-electron chi connectivity index (χ0n) is 17.7. The first-order chi connectivity index (χ1) is 14.4. The molecule has 0 bridgehead atoms. The van der Waals surface area contributed by atoms with E-state index in [1.165, 1.54) is 12.1 Å². The lowest BCUT2D eigenvalue weighted by Crippen LogP contribution is -2.44. The molecular weight excluding hydrogens is 403 g/mol. The Bertz CT molecular complexity index is 1070. The van der Waals surface area contributed by atoms with Crippen LogP contribution in [0.2, 0.25) is 0 Å². The van der Waals surface area contributed by atoms with Gasteiger partial charge in [-0.3, -0.25) is 0 Å². The average Bonchev–Trinajstić information content (AvgIpc) is 2.93. The Morgan fingerprint density at radius 3 is 2.16 bits per heavy atom. The molecule has 0 aromatic heterocycles. The molecule has 2 aliphatic heterocycles. The summed E-state index contributed by atoms with van der Waals surface area (Å²) in [4.78, 5) is 0. The van der Waals surface area contributed by atoms with E-state index < -0.39 is 30.1 Å². The van der Waals surface area contributed by atoms with Crippen LogP contribution in [-0.2, 0) is 15.5 Å². The fourth-order valence-corrected chi connectivity index (χ4v) is 3.68. The maximum Gasteiger partial charge on any atom is 0.496 e. The minimum Gasteiger partial charge on any atom is -0.420 e. The van der Waals surface area contributed by atoms with E-state index in [-0.39, 0.29) is 6.85 Å². The van der Waals surface area contributed by atoms with Crippen LogP contribution < -0.4 is 16.2 Å².